The van der Waals surface area contributed by atoms with Crippen molar-refractivity contribution < 1.29 is 23.8 Å². The van der Waals surface area contributed by atoms with Crippen molar-refractivity contribution in [1.82, 2.24) is 4.57 Å². The van der Waals surface area contributed by atoms with Crippen LogP contribution in [0.3, 0.4) is 0 Å². The molecule has 1 unspecified atom stereocenters. The summed E-state index contributed by atoms with van der Waals surface area (Å²) in [6, 6.07) is 9.39. The molecule has 0 radical (unpaired) electrons. The maximum atomic E-state index is 12.4. The van der Waals surface area contributed by atoms with Crippen LogP contribution in [0.4, 0.5) is 0 Å². The molecule has 0 N–H and O–H groups in total. The third kappa shape index (κ3) is 4.22. The summed E-state index contributed by atoms with van der Waals surface area (Å²) in [5, 5.41) is 0. The number of hydrogen-bond acceptors (Lipinski definition) is 5. The second kappa shape index (κ2) is 8.12. The van der Waals surface area contributed by atoms with Gasteiger partial charge >= 0.3 is 5.97 Å². The van der Waals surface area contributed by atoms with Crippen molar-refractivity contribution in [2.75, 3.05) is 13.2 Å². The lowest BCUT2D eigenvalue weighted by molar-refractivity contribution is -0.136. The Kier molecular flexibility index (Phi) is 5.64. The van der Waals surface area contributed by atoms with Crippen LogP contribution in [-0.2, 0) is 16.1 Å². The van der Waals surface area contributed by atoms with Gasteiger partial charge in [-0.25, -0.2) is 4.79 Å². The number of esters is 1. The van der Waals surface area contributed by atoms with Crippen LogP contribution in [0.2, 0.25) is 0 Å². The summed E-state index contributed by atoms with van der Waals surface area (Å²) in [6.45, 7) is 6.27. The summed E-state index contributed by atoms with van der Waals surface area (Å²) in [4.78, 5) is 23.8. The molecule has 1 aliphatic rings. The number of allylic oxidation sites excluding steroid dienone is 1. The van der Waals surface area contributed by atoms with Crippen molar-refractivity contribution in [2.24, 2.45) is 0 Å². The molecule has 1 aliphatic heterocycles. The smallest absolute Gasteiger partial charge is 0.330 e. The van der Waals surface area contributed by atoms with Gasteiger partial charge in [0, 0.05) is 23.0 Å². The molecule has 1 atom stereocenters. The summed E-state index contributed by atoms with van der Waals surface area (Å²) in [6.07, 6.45) is 2.71. The monoisotopic (exact) mass is 369 g/mol. The number of carbonyl (C=O) groups is 2. The number of benzene rings is 1. The van der Waals surface area contributed by atoms with Crippen LogP contribution in [0.5, 0.6) is 11.5 Å². The van der Waals surface area contributed by atoms with Crippen molar-refractivity contribution in [2.45, 2.75) is 33.4 Å². The summed E-state index contributed by atoms with van der Waals surface area (Å²) in [5.74, 6) is 0.723. The van der Waals surface area contributed by atoms with Gasteiger partial charge in [-0.2, -0.15) is 0 Å². The number of fused-ring (bicyclic) bond motifs is 1. The number of aromatic nitrogens is 1. The van der Waals surface area contributed by atoms with Gasteiger partial charge in [0.1, 0.15) is 6.61 Å². The van der Waals surface area contributed by atoms with E-state index in [4.69, 9.17) is 14.2 Å². The molecule has 0 spiro atoms. The highest BCUT2D eigenvalue weighted by molar-refractivity contribution is 5.99. The van der Waals surface area contributed by atoms with Gasteiger partial charge < -0.3 is 18.8 Å². The highest BCUT2D eigenvalue weighted by atomic mass is 16.6. The third-order valence-corrected chi connectivity index (χ3v) is 4.48. The van der Waals surface area contributed by atoms with Crippen LogP contribution in [0, 0.1) is 13.8 Å². The quantitative estimate of drug-likeness (QED) is 0.444. The molecule has 0 saturated heterocycles. The van der Waals surface area contributed by atoms with E-state index in [9.17, 15) is 9.59 Å². The molecular weight excluding hydrogens is 346 g/mol. The Morgan fingerprint density at radius 2 is 2.00 bits per heavy atom. The molecule has 0 amide bonds. The fraction of sp³-hybridized carbons (Fsp3) is 0.333. The largest absolute Gasteiger partial charge is 0.486 e. The molecule has 2 aromatic rings. The molecule has 6 heteroatoms. The Labute approximate surface area is 158 Å². The van der Waals surface area contributed by atoms with E-state index in [0.29, 0.717) is 18.7 Å². The minimum atomic E-state index is -0.522. The van der Waals surface area contributed by atoms with Crippen LogP contribution in [0.15, 0.2) is 42.5 Å². The van der Waals surface area contributed by atoms with Gasteiger partial charge in [0.15, 0.2) is 24.2 Å². The average molecular weight is 369 g/mol. The second-order valence-corrected chi connectivity index (χ2v) is 6.42. The van der Waals surface area contributed by atoms with E-state index in [2.05, 4.69) is 0 Å². The molecule has 0 saturated carbocycles. The van der Waals surface area contributed by atoms with Gasteiger partial charge in [0.25, 0.3) is 0 Å². The predicted octanol–water partition coefficient (Wildman–Crippen LogP) is 3.25. The average Bonchev–Trinajstić information content (AvgIpc) is 2.94. The lowest BCUT2D eigenvalue weighted by Crippen LogP contribution is -2.33. The number of nitrogens with zero attached hydrogens (tertiary/aromatic N) is 1. The topological polar surface area (TPSA) is 66.8 Å². The molecule has 0 bridgehead atoms. The van der Waals surface area contributed by atoms with Crippen LogP contribution < -0.4 is 9.47 Å². The number of carbonyl (C=O) groups excluding carboxylic acids is 2. The number of ketones is 1. The summed E-state index contributed by atoms with van der Waals surface area (Å²) < 4.78 is 18.8. The Hall–Kier alpha value is -3.02. The van der Waals surface area contributed by atoms with Gasteiger partial charge in [-0.15, -0.1) is 0 Å². The lowest BCUT2D eigenvalue weighted by Gasteiger charge is -2.27. The van der Waals surface area contributed by atoms with Gasteiger partial charge in [0.05, 0.1) is 6.54 Å². The molecule has 1 aromatic carbocycles. The normalized spacial score (nSPS) is 15.7. The number of para-hydroxylation sites is 2. The molecular formula is C21H23NO5. The SMILES string of the molecule is C/C=C/C(=O)OCC(=O)c1cc(C)n(CC2COc3ccccc3O2)c1C. The molecule has 0 aliphatic carbocycles. The molecule has 27 heavy (non-hydrogen) atoms. The molecule has 142 valence electrons. The van der Waals surface area contributed by atoms with E-state index in [-0.39, 0.29) is 18.5 Å². The first-order valence-electron chi connectivity index (χ1n) is 8.87. The number of rotatable bonds is 6. The number of Topliss-reactive ketones (excluding diaryl/α,β-unsaturated/α-hetero) is 1. The van der Waals surface area contributed by atoms with Gasteiger partial charge in [-0.1, -0.05) is 18.2 Å². The van der Waals surface area contributed by atoms with Crippen molar-refractivity contribution >= 4 is 11.8 Å². The van der Waals surface area contributed by atoms with E-state index < -0.39 is 5.97 Å². The molecule has 2 heterocycles. The molecule has 0 fully saturated rings. The minimum absolute atomic E-state index is 0.153. The van der Waals surface area contributed by atoms with Crippen molar-refractivity contribution in [3.05, 3.63) is 59.4 Å². The van der Waals surface area contributed by atoms with Crippen LogP contribution in [0.1, 0.15) is 28.7 Å². The maximum Gasteiger partial charge on any atom is 0.330 e. The minimum Gasteiger partial charge on any atom is -0.486 e. The van der Waals surface area contributed by atoms with E-state index in [1.54, 1.807) is 13.0 Å². The van der Waals surface area contributed by atoms with Gasteiger partial charge in [-0.05, 0) is 39.0 Å². The van der Waals surface area contributed by atoms with Gasteiger partial charge in [-0.3, -0.25) is 4.79 Å². The van der Waals surface area contributed by atoms with Gasteiger partial charge in [0.2, 0.25) is 5.78 Å². The van der Waals surface area contributed by atoms with Crippen molar-refractivity contribution in [1.29, 1.82) is 0 Å². The highest BCUT2D eigenvalue weighted by Crippen LogP contribution is 2.31. The Morgan fingerprint density at radius 1 is 1.26 bits per heavy atom. The van der Waals surface area contributed by atoms with Crippen LogP contribution >= 0.6 is 0 Å². The lowest BCUT2D eigenvalue weighted by atomic mass is 10.1. The Morgan fingerprint density at radius 3 is 2.74 bits per heavy atom. The zero-order valence-corrected chi connectivity index (χ0v) is 15.7. The zero-order valence-electron chi connectivity index (χ0n) is 15.7. The number of hydrogen-bond donors (Lipinski definition) is 0. The van der Waals surface area contributed by atoms with Crippen molar-refractivity contribution in [3.63, 3.8) is 0 Å². The van der Waals surface area contributed by atoms with E-state index >= 15 is 0 Å². The maximum absolute atomic E-state index is 12.4. The second-order valence-electron chi connectivity index (χ2n) is 6.42. The van der Waals surface area contributed by atoms with Crippen LogP contribution in [-0.4, -0.2) is 35.6 Å². The van der Waals surface area contributed by atoms with E-state index in [0.717, 1.165) is 22.9 Å². The molecule has 1 aromatic heterocycles. The van der Waals surface area contributed by atoms with Crippen molar-refractivity contribution in [3.8, 4) is 11.5 Å². The Bertz CT molecular complexity index is 881. The standard InChI is InChI=1S/C21H23NO5/c1-4-7-21(24)26-13-18(23)17-10-14(2)22(15(17)3)11-16-12-25-19-8-5-6-9-20(19)27-16/h4-10,16H,11-13H2,1-3H3/b7-4+. The predicted molar refractivity (Wildman–Crippen MR) is 100 cm³/mol. The van der Waals surface area contributed by atoms with E-state index in [1.807, 2.05) is 48.7 Å². The fourth-order valence-corrected chi connectivity index (χ4v) is 3.12. The Balaban J connectivity index is 1.69. The zero-order chi connectivity index (χ0) is 19.4. The first-order valence-corrected chi connectivity index (χ1v) is 8.87. The van der Waals surface area contributed by atoms with E-state index in [1.165, 1.54) is 6.08 Å². The first-order chi connectivity index (χ1) is 13.0. The summed E-state index contributed by atoms with van der Waals surface area (Å²) >= 11 is 0. The molecule has 6 nitrogen and oxygen atoms in total. The summed E-state index contributed by atoms with van der Waals surface area (Å²) in [5.41, 5.74) is 2.32. The highest BCUT2D eigenvalue weighted by Gasteiger charge is 2.24. The molecule has 3 rings (SSSR count). The third-order valence-electron chi connectivity index (χ3n) is 4.48. The van der Waals surface area contributed by atoms with Crippen LogP contribution in [0.25, 0.3) is 0 Å². The first kappa shape index (κ1) is 18.8. The number of aryl methyl sites for hydroxylation is 1. The fourth-order valence-electron chi connectivity index (χ4n) is 3.12. The number of ether oxygens (including phenoxy) is 3. The summed E-state index contributed by atoms with van der Waals surface area (Å²) in [7, 11) is 0.